The van der Waals surface area contributed by atoms with E-state index in [1.54, 1.807) is 6.92 Å². The maximum atomic E-state index is 11.3. The number of carbonyl (C=O) groups excluding carboxylic acids is 1. The van der Waals surface area contributed by atoms with Crippen LogP contribution in [0.3, 0.4) is 0 Å². The molecule has 1 nitrogen and oxygen atoms in total. The minimum absolute atomic E-state index is 0.0885. The molecule has 0 heterocycles. The van der Waals surface area contributed by atoms with Crippen molar-refractivity contribution in [1.82, 2.24) is 0 Å². The molecule has 0 amide bonds. The number of rotatable bonds is 3. The first-order valence-electron chi connectivity index (χ1n) is 4.84. The molecule has 1 rings (SSSR count). The molecule has 0 aliphatic carbocycles. The highest BCUT2D eigenvalue weighted by Crippen LogP contribution is 2.28. The number of benzene rings is 1. The van der Waals surface area contributed by atoms with Crippen molar-refractivity contribution < 1.29 is 4.79 Å². The molecule has 1 aromatic carbocycles. The van der Waals surface area contributed by atoms with Gasteiger partial charge in [0.2, 0.25) is 0 Å². The van der Waals surface area contributed by atoms with E-state index in [2.05, 4.69) is 70.6 Å². The number of hydrogen-bond acceptors (Lipinski definition) is 1. The van der Waals surface area contributed by atoms with Crippen molar-refractivity contribution in [3.05, 3.63) is 32.9 Å². The summed E-state index contributed by atoms with van der Waals surface area (Å²) >= 11 is 5.75. The SMILES string of the molecule is CC(=O)C(Br)C(C)c1cc(I)ccc1C. The van der Waals surface area contributed by atoms with Crippen LogP contribution in [0.4, 0.5) is 0 Å². The summed E-state index contributed by atoms with van der Waals surface area (Å²) < 4.78 is 1.21. The standard InChI is InChI=1S/C12H14BrIO/c1-7-4-5-10(14)6-11(7)8(2)12(13)9(3)15/h4-6,8,12H,1-3H3. The van der Waals surface area contributed by atoms with Gasteiger partial charge in [-0.15, -0.1) is 0 Å². The normalized spacial score (nSPS) is 14.7. The van der Waals surface area contributed by atoms with Crippen LogP contribution in [-0.2, 0) is 4.79 Å². The average molecular weight is 381 g/mol. The fourth-order valence-corrected chi connectivity index (χ4v) is 2.41. The van der Waals surface area contributed by atoms with Gasteiger partial charge in [-0.3, -0.25) is 4.79 Å². The quantitative estimate of drug-likeness (QED) is 0.571. The lowest BCUT2D eigenvalue weighted by atomic mass is 9.92. The van der Waals surface area contributed by atoms with E-state index in [1.165, 1.54) is 14.7 Å². The van der Waals surface area contributed by atoms with Gasteiger partial charge >= 0.3 is 0 Å². The van der Waals surface area contributed by atoms with Crippen LogP contribution in [0.25, 0.3) is 0 Å². The van der Waals surface area contributed by atoms with E-state index in [0.29, 0.717) is 0 Å². The van der Waals surface area contributed by atoms with E-state index < -0.39 is 0 Å². The van der Waals surface area contributed by atoms with Gasteiger partial charge in [0.05, 0.1) is 4.83 Å². The summed E-state index contributed by atoms with van der Waals surface area (Å²) in [6.45, 7) is 5.79. The molecule has 82 valence electrons. The zero-order valence-electron chi connectivity index (χ0n) is 9.05. The molecule has 3 heteroatoms. The van der Waals surface area contributed by atoms with E-state index in [-0.39, 0.29) is 16.5 Å². The average Bonchev–Trinajstić information content (AvgIpc) is 2.19. The molecule has 0 radical (unpaired) electrons. The molecule has 1 aromatic rings. The minimum atomic E-state index is -0.0885. The van der Waals surface area contributed by atoms with Gasteiger partial charge in [-0.05, 0) is 59.7 Å². The van der Waals surface area contributed by atoms with Gasteiger partial charge in [-0.1, -0.05) is 28.9 Å². The Balaban J connectivity index is 3.04. The van der Waals surface area contributed by atoms with Gasteiger partial charge in [0.25, 0.3) is 0 Å². The van der Waals surface area contributed by atoms with Crippen LogP contribution in [0.15, 0.2) is 18.2 Å². The summed E-state index contributed by atoms with van der Waals surface area (Å²) in [5.41, 5.74) is 2.49. The van der Waals surface area contributed by atoms with Gasteiger partial charge in [0, 0.05) is 9.49 Å². The number of alkyl halides is 1. The summed E-state index contributed by atoms with van der Waals surface area (Å²) in [7, 11) is 0. The molecule has 0 aromatic heterocycles. The van der Waals surface area contributed by atoms with Gasteiger partial charge in [-0.25, -0.2) is 0 Å². The second kappa shape index (κ2) is 5.43. The summed E-state index contributed by atoms with van der Waals surface area (Å²) in [5.74, 6) is 0.401. The van der Waals surface area contributed by atoms with Crippen molar-refractivity contribution in [3.8, 4) is 0 Å². The molecule has 0 aliphatic heterocycles. The van der Waals surface area contributed by atoms with Crippen molar-refractivity contribution in [3.63, 3.8) is 0 Å². The Hall–Kier alpha value is 0.1000. The number of halogens is 2. The van der Waals surface area contributed by atoms with Gasteiger partial charge < -0.3 is 0 Å². The lowest BCUT2D eigenvalue weighted by molar-refractivity contribution is -0.116. The molecule has 0 saturated carbocycles. The van der Waals surface area contributed by atoms with Crippen LogP contribution in [0.2, 0.25) is 0 Å². The summed E-state index contributed by atoms with van der Waals surface area (Å²) in [5, 5.41) is 0. The van der Waals surface area contributed by atoms with Crippen LogP contribution < -0.4 is 0 Å². The van der Waals surface area contributed by atoms with E-state index in [4.69, 9.17) is 0 Å². The predicted octanol–water partition coefficient (Wildman–Crippen LogP) is 4.06. The largest absolute Gasteiger partial charge is 0.299 e. The summed E-state index contributed by atoms with van der Waals surface area (Å²) in [4.78, 5) is 11.2. The first-order chi connectivity index (χ1) is 6.93. The maximum absolute atomic E-state index is 11.3. The van der Waals surface area contributed by atoms with Crippen molar-refractivity contribution in [1.29, 1.82) is 0 Å². The zero-order chi connectivity index (χ0) is 11.6. The summed E-state index contributed by atoms with van der Waals surface area (Å²) in [6.07, 6.45) is 0. The van der Waals surface area contributed by atoms with Gasteiger partial charge in [0.1, 0.15) is 5.78 Å². The van der Waals surface area contributed by atoms with Crippen LogP contribution in [0, 0.1) is 10.5 Å². The predicted molar refractivity (Wildman–Crippen MR) is 75.7 cm³/mol. The highest BCUT2D eigenvalue weighted by molar-refractivity contribution is 14.1. The second-order valence-electron chi connectivity index (χ2n) is 3.80. The molecule has 0 N–H and O–H groups in total. The third-order valence-electron chi connectivity index (χ3n) is 2.56. The molecule has 0 bridgehead atoms. The van der Waals surface area contributed by atoms with Crippen molar-refractivity contribution >= 4 is 44.3 Å². The molecule has 2 unspecified atom stereocenters. The van der Waals surface area contributed by atoms with Crippen molar-refractivity contribution in [2.75, 3.05) is 0 Å². The minimum Gasteiger partial charge on any atom is -0.299 e. The fraction of sp³-hybridized carbons (Fsp3) is 0.417. The van der Waals surface area contributed by atoms with Crippen LogP contribution in [-0.4, -0.2) is 10.6 Å². The van der Waals surface area contributed by atoms with Gasteiger partial charge in [-0.2, -0.15) is 0 Å². The smallest absolute Gasteiger partial charge is 0.144 e. The molecule has 2 atom stereocenters. The van der Waals surface area contributed by atoms with Gasteiger partial charge in [0.15, 0.2) is 0 Å². The Labute approximate surface area is 113 Å². The Morgan fingerprint density at radius 1 is 1.47 bits per heavy atom. The zero-order valence-corrected chi connectivity index (χ0v) is 12.8. The third-order valence-corrected chi connectivity index (χ3v) is 4.67. The molecular formula is C12H14BrIO. The number of ketones is 1. The first kappa shape index (κ1) is 13.2. The number of hydrogen-bond donors (Lipinski definition) is 0. The first-order valence-corrected chi connectivity index (χ1v) is 6.83. The Kier molecular flexibility index (Phi) is 4.77. The molecule has 0 spiro atoms. The summed E-state index contributed by atoms with van der Waals surface area (Å²) in [6, 6.07) is 6.34. The molecular weight excluding hydrogens is 367 g/mol. The highest BCUT2D eigenvalue weighted by atomic mass is 127. The van der Waals surface area contributed by atoms with E-state index in [1.807, 2.05) is 0 Å². The third kappa shape index (κ3) is 3.28. The number of carbonyl (C=O) groups is 1. The topological polar surface area (TPSA) is 17.1 Å². The van der Waals surface area contributed by atoms with E-state index in [0.717, 1.165) is 0 Å². The second-order valence-corrected chi connectivity index (χ2v) is 6.03. The van der Waals surface area contributed by atoms with E-state index in [9.17, 15) is 4.79 Å². The number of Topliss-reactive ketones (excluding diaryl/α,β-unsaturated/α-hetero) is 1. The number of aryl methyl sites for hydroxylation is 1. The lowest BCUT2D eigenvalue weighted by Crippen LogP contribution is -2.18. The van der Waals surface area contributed by atoms with Crippen molar-refractivity contribution in [2.45, 2.75) is 31.5 Å². The fourth-order valence-electron chi connectivity index (χ4n) is 1.61. The van der Waals surface area contributed by atoms with Crippen LogP contribution in [0.1, 0.15) is 30.9 Å². The molecule has 0 saturated heterocycles. The van der Waals surface area contributed by atoms with Crippen molar-refractivity contribution in [2.24, 2.45) is 0 Å². The van der Waals surface area contributed by atoms with Crippen LogP contribution in [0.5, 0.6) is 0 Å². The molecule has 0 aliphatic rings. The van der Waals surface area contributed by atoms with Crippen LogP contribution >= 0.6 is 38.5 Å². The Morgan fingerprint density at radius 3 is 2.60 bits per heavy atom. The molecule has 0 fully saturated rings. The Morgan fingerprint density at radius 2 is 2.07 bits per heavy atom. The maximum Gasteiger partial charge on any atom is 0.144 e. The highest BCUT2D eigenvalue weighted by Gasteiger charge is 2.21. The lowest BCUT2D eigenvalue weighted by Gasteiger charge is -2.18. The molecule has 15 heavy (non-hydrogen) atoms. The Bertz CT molecular complexity index is 376. The van der Waals surface area contributed by atoms with E-state index >= 15 is 0 Å². The monoisotopic (exact) mass is 380 g/mol.